The molecule has 2 aliphatic heterocycles. The fourth-order valence-electron chi connectivity index (χ4n) is 5.10. The Morgan fingerprint density at radius 1 is 1.00 bits per heavy atom. The van der Waals surface area contributed by atoms with Gasteiger partial charge in [0.25, 0.3) is 5.56 Å². The topological polar surface area (TPSA) is 25.2 Å². The first-order valence-electron chi connectivity index (χ1n) is 10.2. The van der Waals surface area contributed by atoms with Crippen molar-refractivity contribution in [2.45, 2.75) is 25.4 Å². The Labute approximate surface area is 177 Å². The molecule has 0 saturated carbocycles. The highest BCUT2D eigenvalue weighted by molar-refractivity contribution is 7.22. The Morgan fingerprint density at radius 3 is 2.79 bits per heavy atom. The molecule has 2 aliphatic rings. The molecule has 146 valence electrons. The number of hydrogen-bond acceptors (Lipinski definition) is 4. The number of piperidine rings is 1. The van der Waals surface area contributed by atoms with Crippen LogP contribution in [0.3, 0.4) is 0 Å². The minimum absolute atomic E-state index is 0.190. The molecule has 2 atom stereocenters. The van der Waals surface area contributed by atoms with E-state index in [1.54, 1.807) is 11.3 Å². The normalized spacial score (nSPS) is 21.4. The van der Waals surface area contributed by atoms with Crippen LogP contribution < -0.4 is 5.56 Å². The van der Waals surface area contributed by atoms with E-state index in [4.69, 9.17) is 0 Å². The van der Waals surface area contributed by atoms with E-state index in [2.05, 4.69) is 69.4 Å². The van der Waals surface area contributed by atoms with E-state index in [0.717, 1.165) is 36.6 Å². The van der Waals surface area contributed by atoms with Crippen LogP contribution in [0.2, 0.25) is 0 Å². The molecule has 0 radical (unpaired) electrons. The van der Waals surface area contributed by atoms with E-state index in [1.807, 2.05) is 11.3 Å². The van der Waals surface area contributed by atoms with Crippen molar-refractivity contribution in [3.05, 3.63) is 80.9 Å². The molecule has 1 fully saturated rings. The van der Waals surface area contributed by atoms with E-state index in [-0.39, 0.29) is 5.56 Å². The summed E-state index contributed by atoms with van der Waals surface area (Å²) in [6.07, 6.45) is 1.21. The third-order valence-corrected chi connectivity index (χ3v) is 8.34. The number of fused-ring (bicyclic) bond motifs is 5. The van der Waals surface area contributed by atoms with Gasteiger partial charge in [0.15, 0.2) is 0 Å². The van der Waals surface area contributed by atoms with Gasteiger partial charge in [-0.3, -0.25) is 9.69 Å². The highest BCUT2D eigenvalue weighted by Crippen LogP contribution is 2.38. The van der Waals surface area contributed by atoms with Crippen LogP contribution in [-0.2, 0) is 13.1 Å². The van der Waals surface area contributed by atoms with Crippen molar-refractivity contribution in [3.8, 4) is 10.4 Å². The number of benzene rings is 1. The van der Waals surface area contributed by atoms with E-state index in [9.17, 15) is 4.79 Å². The molecule has 1 saturated heterocycles. The predicted octanol–water partition coefficient (Wildman–Crippen LogP) is 5.41. The Morgan fingerprint density at radius 2 is 1.93 bits per heavy atom. The summed E-state index contributed by atoms with van der Waals surface area (Å²) in [5.74, 6) is 1.03. The highest BCUT2D eigenvalue weighted by atomic mass is 32.1. The van der Waals surface area contributed by atoms with Crippen molar-refractivity contribution in [1.82, 2.24) is 9.47 Å². The number of rotatable bonds is 3. The second kappa shape index (κ2) is 6.94. The lowest BCUT2D eigenvalue weighted by molar-refractivity contribution is 0.115. The van der Waals surface area contributed by atoms with E-state index < -0.39 is 0 Å². The van der Waals surface area contributed by atoms with Crippen molar-refractivity contribution in [2.24, 2.45) is 5.92 Å². The van der Waals surface area contributed by atoms with Crippen molar-refractivity contribution >= 4 is 32.8 Å². The summed E-state index contributed by atoms with van der Waals surface area (Å²) < 4.78 is 3.33. The number of aromatic nitrogens is 1. The van der Waals surface area contributed by atoms with Crippen LogP contribution >= 0.6 is 22.7 Å². The van der Waals surface area contributed by atoms with Crippen molar-refractivity contribution in [3.63, 3.8) is 0 Å². The van der Waals surface area contributed by atoms with E-state index in [1.165, 1.54) is 27.1 Å². The quantitative estimate of drug-likeness (QED) is 0.444. The molecule has 0 unspecified atom stereocenters. The van der Waals surface area contributed by atoms with Crippen LogP contribution in [0.1, 0.15) is 22.9 Å². The van der Waals surface area contributed by atoms with E-state index >= 15 is 0 Å². The van der Waals surface area contributed by atoms with Gasteiger partial charge in [0.2, 0.25) is 0 Å². The number of pyridine rings is 1. The molecule has 29 heavy (non-hydrogen) atoms. The second-order valence-corrected chi connectivity index (χ2v) is 10.4. The summed E-state index contributed by atoms with van der Waals surface area (Å²) in [5, 5.41) is 3.38. The molecular weight excluding hydrogens is 396 g/mol. The van der Waals surface area contributed by atoms with Gasteiger partial charge < -0.3 is 4.57 Å². The molecule has 5 heterocycles. The van der Waals surface area contributed by atoms with Gasteiger partial charge in [0, 0.05) is 52.2 Å². The maximum Gasteiger partial charge on any atom is 0.259 e. The average Bonchev–Trinajstić information content (AvgIpc) is 3.38. The van der Waals surface area contributed by atoms with Gasteiger partial charge in [-0.1, -0.05) is 24.3 Å². The van der Waals surface area contributed by atoms with Crippen LogP contribution in [0.4, 0.5) is 0 Å². The lowest BCUT2D eigenvalue weighted by Crippen LogP contribution is -2.46. The molecule has 0 spiro atoms. The Kier molecular flexibility index (Phi) is 4.22. The van der Waals surface area contributed by atoms with E-state index in [0.29, 0.717) is 11.8 Å². The molecular formula is C24H22N2OS2. The molecule has 2 bridgehead atoms. The van der Waals surface area contributed by atoms with Crippen LogP contribution in [-0.4, -0.2) is 22.6 Å². The zero-order chi connectivity index (χ0) is 19.4. The third-order valence-electron chi connectivity index (χ3n) is 6.33. The lowest BCUT2D eigenvalue weighted by Gasteiger charge is -2.42. The van der Waals surface area contributed by atoms with Crippen LogP contribution in [0.15, 0.2) is 64.8 Å². The number of likely N-dealkylation sites (tertiary alicyclic amines) is 1. The number of hydrogen-bond donors (Lipinski definition) is 0. The van der Waals surface area contributed by atoms with Crippen molar-refractivity contribution in [1.29, 1.82) is 0 Å². The van der Waals surface area contributed by atoms with Crippen LogP contribution in [0.5, 0.6) is 0 Å². The lowest BCUT2D eigenvalue weighted by atomic mass is 9.83. The summed E-state index contributed by atoms with van der Waals surface area (Å²) in [4.78, 5) is 18.5. The first kappa shape index (κ1) is 17.6. The SMILES string of the molecule is O=c1c(-c2cc3ccccc3s2)ccc2n1C[C@H]1C[C@@H]2CN(Cc2cccs2)C1. The second-order valence-electron chi connectivity index (χ2n) is 8.31. The van der Waals surface area contributed by atoms with Crippen molar-refractivity contribution in [2.75, 3.05) is 13.1 Å². The molecule has 3 nitrogen and oxygen atoms in total. The minimum Gasteiger partial charge on any atom is -0.311 e. The van der Waals surface area contributed by atoms with Crippen LogP contribution in [0, 0.1) is 5.92 Å². The maximum atomic E-state index is 13.4. The smallest absolute Gasteiger partial charge is 0.259 e. The fourth-order valence-corrected chi connectivity index (χ4v) is 6.92. The predicted molar refractivity (Wildman–Crippen MR) is 122 cm³/mol. The zero-order valence-electron chi connectivity index (χ0n) is 16.1. The monoisotopic (exact) mass is 418 g/mol. The summed E-state index contributed by atoms with van der Waals surface area (Å²) in [6, 6.07) is 19.2. The molecule has 1 aromatic carbocycles. The fraction of sp³-hybridized carbons (Fsp3) is 0.292. The Bertz CT molecular complexity index is 1200. The first-order valence-corrected chi connectivity index (χ1v) is 11.9. The van der Waals surface area contributed by atoms with Gasteiger partial charge in [-0.15, -0.1) is 22.7 Å². The van der Waals surface area contributed by atoms with Gasteiger partial charge in [0.05, 0.1) is 5.56 Å². The standard InChI is InChI=1S/C24H22N2OS2/c27-24-20(23-11-17-4-1-2-6-22(17)29-23)7-8-21-18-10-16(13-26(21)24)12-25(14-18)15-19-5-3-9-28-19/h1-9,11,16,18H,10,12-15H2/t16-,18+/m0/s1. The molecule has 0 amide bonds. The summed E-state index contributed by atoms with van der Waals surface area (Å²) in [7, 11) is 0. The number of nitrogens with zero attached hydrogens (tertiary/aromatic N) is 2. The summed E-state index contributed by atoms with van der Waals surface area (Å²) in [6.45, 7) is 4.03. The molecule has 0 aliphatic carbocycles. The zero-order valence-corrected chi connectivity index (χ0v) is 17.7. The number of thiophene rings is 2. The van der Waals surface area contributed by atoms with Crippen LogP contribution in [0.25, 0.3) is 20.5 Å². The largest absolute Gasteiger partial charge is 0.311 e. The van der Waals surface area contributed by atoms with Gasteiger partial charge in [0.1, 0.15) is 0 Å². The molecule has 4 aromatic rings. The minimum atomic E-state index is 0.190. The van der Waals surface area contributed by atoms with Gasteiger partial charge in [-0.2, -0.15) is 0 Å². The third kappa shape index (κ3) is 3.08. The summed E-state index contributed by atoms with van der Waals surface area (Å²) >= 11 is 3.56. The van der Waals surface area contributed by atoms with Crippen molar-refractivity contribution < 1.29 is 0 Å². The molecule has 6 rings (SSSR count). The molecule has 5 heteroatoms. The maximum absolute atomic E-state index is 13.4. The van der Waals surface area contributed by atoms with Gasteiger partial charge >= 0.3 is 0 Å². The molecule has 0 N–H and O–H groups in total. The first-order chi connectivity index (χ1) is 14.2. The van der Waals surface area contributed by atoms with Gasteiger partial charge in [-0.05, 0) is 53.4 Å². The highest BCUT2D eigenvalue weighted by Gasteiger charge is 2.35. The van der Waals surface area contributed by atoms with Gasteiger partial charge in [-0.25, -0.2) is 0 Å². The Balaban J connectivity index is 1.34. The average molecular weight is 419 g/mol. The Hall–Kier alpha value is -2.21. The molecule has 3 aromatic heterocycles. The summed E-state index contributed by atoms with van der Waals surface area (Å²) in [5.41, 5.74) is 2.27.